The average Bonchev–Trinajstić information content (AvgIpc) is 1.71. The van der Waals surface area contributed by atoms with Crippen LogP contribution in [0.15, 0.2) is 269 Å². The van der Waals surface area contributed by atoms with Crippen molar-refractivity contribution in [2.75, 3.05) is 19.6 Å². The molecule has 528 valence electrons. The van der Waals surface area contributed by atoms with Crippen LogP contribution in [-0.4, -0.2) is 39.9 Å². The van der Waals surface area contributed by atoms with Gasteiger partial charge in [0.25, 0.3) is 0 Å². The van der Waals surface area contributed by atoms with Gasteiger partial charge < -0.3 is 14.7 Å². The third kappa shape index (κ3) is 9.05. The minimum absolute atomic E-state index is 0.902. The van der Waals surface area contributed by atoms with Crippen molar-refractivity contribution in [1.29, 1.82) is 0 Å². The quantitative estimate of drug-likeness (QED) is 0.144. The zero-order valence-electron chi connectivity index (χ0n) is 61.3. The monoisotopic (exact) mass is 1440 g/mol. The second-order valence-electron chi connectivity index (χ2n) is 31.7. The highest BCUT2D eigenvalue weighted by Crippen LogP contribution is 2.61. The highest BCUT2D eigenvalue weighted by atomic mass is 15.2. The molecule has 0 atom stereocenters. The molecule has 8 aromatic heterocycles. The van der Waals surface area contributed by atoms with Crippen LogP contribution in [0.2, 0.25) is 0 Å². The smallest absolute Gasteiger partial charge is 0.141 e. The third-order valence-corrected chi connectivity index (χ3v) is 25.7. The van der Waals surface area contributed by atoms with Gasteiger partial charge in [-0.25, -0.2) is 4.98 Å². The first-order chi connectivity index (χ1) is 55.5. The molecule has 4 aliphatic carbocycles. The Balaban J connectivity index is 0.0000000847. The summed E-state index contributed by atoms with van der Waals surface area (Å²) < 4.78 is 0. The molecule has 12 aliphatic rings. The molecule has 8 aliphatic heterocycles. The van der Waals surface area contributed by atoms with Crippen LogP contribution in [-0.2, 0) is 77.0 Å². The molecule has 0 saturated heterocycles. The first-order valence-corrected chi connectivity index (χ1v) is 39.2. The average molecular weight is 1440 g/mol. The van der Waals surface area contributed by atoms with Gasteiger partial charge in [-0.2, -0.15) is 0 Å². The van der Waals surface area contributed by atoms with E-state index in [0.29, 0.717) is 0 Å². The molecule has 8 aromatic carbocycles. The fourth-order valence-electron chi connectivity index (χ4n) is 21.3. The van der Waals surface area contributed by atoms with Gasteiger partial charge in [0, 0.05) is 132 Å². The lowest BCUT2D eigenvalue weighted by atomic mass is 9.83. The number of fused-ring (bicyclic) bond motifs is 32. The van der Waals surface area contributed by atoms with E-state index in [2.05, 4.69) is 219 Å². The lowest BCUT2D eigenvalue weighted by molar-refractivity contribution is 0.962. The minimum Gasteiger partial charge on any atom is -0.309 e. The Morgan fingerprint density at radius 3 is 0.955 bits per heavy atom. The predicted molar refractivity (Wildman–Crippen MR) is 442 cm³/mol. The van der Waals surface area contributed by atoms with E-state index in [1.54, 1.807) is 0 Å². The molecule has 16 aromatic rings. The van der Waals surface area contributed by atoms with Crippen LogP contribution in [0, 0.1) is 0 Å². The molecule has 0 saturated carbocycles. The van der Waals surface area contributed by atoms with Gasteiger partial charge in [-0.3, -0.25) is 39.8 Å². The van der Waals surface area contributed by atoms with E-state index in [1.807, 2.05) is 98.9 Å². The summed E-state index contributed by atoms with van der Waals surface area (Å²) in [7, 11) is 0. The number of rotatable bonds is 0. The summed E-state index contributed by atoms with van der Waals surface area (Å²) in [5.74, 6) is 1.06. The van der Waals surface area contributed by atoms with Gasteiger partial charge in [0.2, 0.25) is 0 Å². The van der Waals surface area contributed by atoms with Crippen LogP contribution >= 0.6 is 0 Å². The molecule has 0 unspecified atom stereocenters. The Hall–Kier alpha value is -13.8. The van der Waals surface area contributed by atoms with Crippen molar-refractivity contribution in [3.8, 4) is 44.5 Å². The molecule has 0 radical (unpaired) electrons. The van der Waals surface area contributed by atoms with Crippen molar-refractivity contribution < 1.29 is 0 Å². The number of hydrogen-bond acceptors (Lipinski definition) is 12. The van der Waals surface area contributed by atoms with Gasteiger partial charge in [0.15, 0.2) is 0 Å². The Morgan fingerprint density at radius 1 is 0.196 bits per heavy atom. The maximum Gasteiger partial charge on any atom is 0.141 e. The van der Waals surface area contributed by atoms with Crippen molar-refractivity contribution in [2.45, 2.75) is 77.0 Å². The van der Waals surface area contributed by atoms with Gasteiger partial charge in [-0.15, -0.1) is 0 Å². The molecule has 0 N–H and O–H groups in total. The maximum atomic E-state index is 4.79. The third-order valence-electron chi connectivity index (χ3n) is 25.7. The van der Waals surface area contributed by atoms with E-state index >= 15 is 0 Å². The van der Waals surface area contributed by atoms with Crippen LogP contribution in [0.4, 0.5) is 68.4 Å². The largest absolute Gasteiger partial charge is 0.309 e. The second kappa shape index (κ2) is 23.8. The first kappa shape index (κ1) is 62.1. The van der Waals surface area contributed by atoms with Crippen LogP contribution in [0.25, 0.3) is 44.5 Å². The standard InChI is InChI=1S/4C25H17N3/c1-2-6-20-15(4-1)10-17-12-18-11-16-5-3-8-27-25(16)28-22-7-9-26-14-19(22)13-21(23(17)20)24(18)28;1-2-5-19-15(4-1)10-16-11-17-13-21-23(6-3-8-27-21)28-22-7-9-26-14-18(22)12-20(24(16)19)25(17)28;1-2-4-20-15(3-1)9-16-10-17-11-18-13-26-7-5-22(18)28-23-6-8-27-14-19(23)12-21(24(16)20)25(17)28;1-2-4-20-15(3-1)9-17-11-18-10-16-5-7-27-14-23(16)28-22-6-8-26-13-19(22)12-21(24(17)20)25(18)28/h1-9,12,14H,10-11,13H2;1-9,11,14H,10,12-13H2;1-8,10,13-14H,9,11-12H2;1-8,11,13-14H,9-10,12H2. The molecule has 28 rings (SSSR count). The number of hydrogen-bond donors (Lipinski definition) is 0. The van der Waals surface area contributed by atoms with E-state index in [4.69, 9.17) is 9.97 Å². The molecule has 0 amide bonds. The minimum atomic E-state index is 0.902. The molecular formula is C100H68N12. The SMILES string of the molecule is c1ccc2c(c1)Cc1cc3c4c(c1-2)Cc1cnccc1N4c1cccnc1C3.c1ccc2c(c1)Cc1cc3c4c(c1-2)Cc1cnccc1N4c1ccncc1C3.c1ccc2c(c1)Cc1cc3c4c(c1-2)Cc1cnccc1N4c1cnccc1C3.c1ccc2c(c1)Cc1cc3c4c(c1-2)Cc1cnccc1N4c1ncccc1C3. The lowest BCUT2D eigenvalue weighted by Gasteiger charge is -2.40. The van der Waals surface area contributed by atoms with Crippen molar-refractivity contribution >= 4 is 68.4 Å². The number of anilines is 12. The Morgan fingerprint density at radius 2 is 0.509 bits per heavy atom. The highest BCUT2D eigenvalue weighted by Gasteiger charge is 2.42. The fraction of sp³-hybridized carbons (Fsp3) is 0.120. The second-order valence-corrected chi connectivity index (χ2v) is 31.7. The van der Waals surface area contributed by atoms with Gasteiger partial charge in [-0.1, -0.05) is 127 Å². The topological polar surface area (TPSA) is 116 Å². The van der Waals surface area contributed by atoms with E-state index in [1.165, 1.54) is 235 Å². The Bertz CT molecular complexity index is 5990. The molecule has 0 spiro atoms. The van der Waals surface area contributed by atoms with Crippen molar-refractivity contribution in [2.24, 2.45) is 0 Å². The maximum absolute atomic E-state index is 4.79. The highest BCUT2D eigenvalue weighted by molar-refractivity contribution is 6.00. The number of benzene rings is 8. The summed E-state index contributed by atoms with van der Waals surface area (Å²) >= 11 is 0. The summed E-state index contributed by atoms with van der Waals surface area (Å²) in [4.78, 5) is 45.8. The zero-order valence-corrected chi connectivity index (χ0v) is 61.3. The summed E-state index contributed by atoms with van der Waals surface area (Å²) in [6.45, 7) is 0. The van der Waals surface area contributed by atoms with Gasteiger partial charge in [0.05, 0.1) is 74.5 Å². The van der Waals surface area contributed by atoms with Crippen LogP contribution in [0.1, 0.15) is 134 Å². The normalized spacial score (nSPS) is 14.6. The predicted octanol–water partition coefficient (Wildman–Crippen LogP) is 21.3. The number of aromatic nitrogens is 8. The van der Waals surface area contributed by atoms with E-state index < -0.39 is 0 Å². The molecule has 12 nitrogen and oxygen atoms in total. The van der Waals surface area contributed by atoms with Crippen molar-refractivity contribution in [1.82, 2.24) is 39.9 Å². The Kier molecular flexibility index (Phi) is 13.2. The lowest BCUT2D eigenvalue weighted by Crippen LogP contribution is -2.26. The van der Waals surface area contributed by atoms with Gasteiger partial charge >= 0.3 is 0 Å². The van der Waals surface area contributed by atoms with Crippen molar-refractivity contribution in [3.05, 3.63) is 402 Å². The molecule has 112 heavy (non-hydrogen) atoms. The van der Waals surface area contributed by atoms with E-state index in [9.17, 15) is 0 Å². The summed E-state index contributed by atoms with van der Waals surface area (Å²) in [6, 6.07) is 66.7. The molecule has 12 heteroatoms. The summed E-state index contributed by atoms with van der Waals surface area (Å²) in [5, 5.41) is 0. The van der Waals surface area contributed by atoms with Crippen LogP contribution < -0.4 is 19.6 Å². The van der Waals surface area contributed by atoms with E-state index in [0.717, 1.165) is 88.6 Å². The summed E-state index contributed by atoms with van der Waals surface area (Å²) in [6.07, 6.45) is 39.0. The van der Waals surface area contributed by atoms with Crippen molar-refractivity contribution in [3.63, 3.8) is 0 Å². The molecule has 0 fully saturated rings. The molecular weight excluding hydrogens is 1370 g/mol. The Labute approximate surface area is 647 Å². The first-order valence-electron chi connectivity index (χ1n) is 39.2. The van der Waals surface area contributed by atoms with Crippen LogP contribution in [0.5, 0.6) is 0 Å². The summed E-state index contributed by atoms with van der Waals surface area (Å²) in [5.41, 5.74) is 58.8. The molecule has 16 heterocycles. The molecule has 0 bridgehead atoms. The number of nitrogens with zero attached hydrogens (tertiary/aromatic N) is 12. The fourth-order valence-corrected chi connectivity index (χ4v) is 21.3. The number of pyridine rings is 8. The van der Waals surface area contributed by atoms with Gasteiger partial charge in [-0.05, 0) is 253 Å². The van der Waals surface area contributed by atoms with E-state index in [-0.39, 0.29) is 0 Å². The van der Waals surface area contributed by atoms with Crippen LogP contribution in [0.3, 0.4) is 0 Å². The zero-order chi connectivity index (χ0) is 73.0. The van der Waals surface area contributed by atoms with Gasteiger partial charge in [0.1, 0.15) is 5.82 Å².